The van der Waals surface area contributed by atoms with Gasteiger partial charge in [-0.1, -0.05) is 40.3 Å². The first-order valence-corrected chi connectivity index (χ1v) is 9.09. The number of benzene rings is 1. The molecule has 2 N–H and O–H groups in total. The maximum absolute atomic E-state index is 13.0. The van der Waals surface area contributed by atoms with Crippen molar-refractivity contribution in [2.24, 2.45) is 0 Å². The van der Waals surface area contributed by atoms with Gasteiger partial charge in [0.05, 0.1) is 6.04 Å². The molecule has 0 aliphatic carbocycles. The van der Waals surface area contributed by atoms with Gasteiger partial charge in [-0.2, -0.15) is 4.55 Å². The summed E-state index contributed by atoms with van der Waals surface area (Å²) in [5, 5.41) is 3.08. The maximum atomic E-state index is 13.0. The lowest BCUT2D eigenvalue weighted by Crippen LogP contribution is -2.33. The zero-order valence-corrected chi connectivity index (χ0v) is 12.6. The number of thiocarbonyl (C=S) groups is 1. The minimum atomic E-state index is -2.64. The van der Waals surface area contributed by atoms with Crippen LogP contribution in [0, 0.1) is 5.82 Å². The molecule has 0 aromatic heterocycles. The van der Waals surface area contributed by atoms with Crippen molar-refractivity contribution in [3.8, 4) is 0 Å². The molecule has 1 fully saturated rings. The zero-order valence-electron chi connectivity index (χ0n) is 10.2. The molecule has 104 valence electrons. The molecule has 0 spiro atoms. The van der Waals surface area contributed by atoms with E-state index in [9.17, 15) is 13.2 Å². The van der Waals surface area contributed by atoms with Gasteiger partial charge in [0, 0.05) is 12.2 Å². The largest absolute Gasteiger partial charge is 0.363 e. The molecule has 1 aliphatic heterocycles. The third-order valence-electron chi connectivity index (χ3n) is 2.83. The second kappa shape index (κ2) is 6.30. The molecule has 1 saturated heterocycles. The lowest BCUT2D eigenvalue weighted by atomic mass is 10.2. The quantitative estimate of drug-likeness (QED) is 0.662. The lowest BCUT2D eigenvalue weighted by Gasteiger charge is -2.11. The minimum absolute atomic E-state index is 0.0231. The SMILES string of the molecule is O=[S+]1(O)CC[C@@H](NC(=S)SCc2cccc(F)c2)C1. The topological polar surface area (TPSA) is 49.3 Å². The maximum Gasteiger partial charge on any atom is 0.216 e. The highest BCUT2D eigenvalue weighted by Gasteiger charge is 2.38. The second-order valence-electron chi connectivity index (χ2n) is 4.48. The van der Waals surface area contributed by atoms with Crippen molar-refractivity contribution >= 4 is 38.5 Å². The Kier molecular flexibility index (Phi) is 4.94. The van der Waals surface area contributed by atoms with Crippen LogP contribution in [0.15, 0.2) is 24.3 Å². The van der Waals surface area contributed by atoms with Crippen LogP contribution in [0.25, 0.3) is 0 Å². The van der Waals surface area contributed by atoms with Gasteiger partial charge in [-0.05, 0) is 17.7 Å². The predicted octanol–water partition coefficient (Wildman–Crippen LogP) is 2.68. The average molecular weight is 320 g/mol. The zero-order chi connectivity index (χ0) is 13.9. The molecular weight excluding hydrogens is 305 g/mol. The van der Waals surface area contributed by atoms with Gasteiger partial charge in [0.1, 0.15) is 15.9 Å². The summed E-state index contributed by atoms with van der Waals surface area (Å²) in [5.41, 5.74) is 0.867. The van der Waals surface area contributed by atoms with Gasteiger partial charge in [0.2, 0.25) is 10.2 Å². The lowest BCUT2D eigenvalue weighted by molar-refractivity contribution is 0.502. The van der Waals surface area contributed by atoms with Gasteiger partial charge in [0.25, 0.3) is 0 Å². The highest BCUT2D eigenvalue weighted by Crippen LogP contribution is 2.19. The first kappa shape index (κ1) is 14.9. The summed E-state index contributed by atoms with van der Waals surface area (Å²) in [6, 6.07) is 6.37. The van der Waals surface area contributed by atoms with E-state index in [2.05, 4.69) is 5.32 Å². The summed E-state index contributed by atoms with van der Waals surface area (Å²) < 4.78 is 34.4. The van der Waals surface area contributed by atoms with Gasteiger partial charge < -0.3 is 5.32 Å². The standard InChI is InChI=1S/C12H14FNO2S3/c13-10-3-1-2-9(6-10)7-18-12(17)14-11-4-5-19(15,16)8-11/h1-3,6,11H,4-5,7-8H2,(H-,14,15,16,17)/p+1/t11-/m1/s1. The second-order valence-corrected chi connectivity index (χ2v) is 8.42. The first-order chi connectivity index (χ1) is 8.94. The van der Waals surface area contributed by atoms with E-state index in [0.717, 1.165) is 5.56 Å². The molecule has 0 saturated carbocycles. The number of rotatable bonds is 3. The van der Waals surface area contributed by atoms with Crippen LogP contribution in [-0.2, 0) is 20.2 Å². The molecule has 1 unspecified atom stereocenters. The summed E-state index contributed by atoms with van der Waals surface area (Å²) in [6.07, 6.45) is 0.663. The van der Waals surface area contributed by atoms with Gasteiger partial charge in [0.15, 0.2) is 5.75 Å². The predicted molar refractivity (Wildman–Crippen MR) is 82.2 cm³/mol. The van der Waals surface area contributed by atoms with E-state index in [0.29, 0.717) is 22.2 Å². The van der Waals surface area contributed by atoms with Crippen LogP contribution in [-0.4, -0.2) is 26.4 Å². The van der Waals surface area contributed by atoms with E-state index in [-0.39, 0.29) is 17.6 Å². The molecule has 1 heterocycles. The summed E-state index contributed by atoms with van der Waals surface area (Å²) in [6.45, 7) is 0. The average Bonchev–Trinajstić information content (AvgIpc) is 2.66. The third kappa shape index (κ3) is 4.83. The molecule has 0 radical (unpaired) electrons. The Bertz CT molecular complexity index is 523. The number of hydrogen-bond acceptors (Lipinski definition) is 3. The van der Waals surface area contributed by atoms with E-state index in [1.807, 2.05) is 6.07 Å². The number of halogens is 1. The highest BCUT2D eigenvalue weighted by atomic mass is 32.3. The molecule has 1 aromatic carbocycles. The summed E-state index contributed by atoms with van der Waals surface area (Å²) in [7, 11) is -2.64. The summed E-state index contributed by atoms with van der Waals surface area (Å²) >= 11 is 6.59. The van der Waals surface area contributed by atoms with Crippen LogP contribution in [0.5, 0.6) is 0 Å². The summed E-state index contributed by atoms with van der Waals surface area (Å²) in [4.78, 5) is 0. The molecule has 2 rings (SSSR count). The Morgan fingerprint density at radius 3 is 3.05 bits per heavy atom. The fourth-order valence-electron chi connectivity index (χ4n) is 1.91. The molecule has 0 bridgehead atoms. The molecule has 1 aliphatic rings. The Hall–Kier alpha value is -0.500. The van der Waals surface area contributed by atoms with Crippen molar-refractivity contribution in [2.45, 2.75) is 18.2 Å². The van der Waals surface area contributed by atoms with Crippen molar-refractivity contribution in [1.82, 2.24) is 5.32 Å². The fraction of sp³-hybridized carbons (Fsp3) is 0.417. The number of nitrogens with one attached hydrogen (secondary N) is 1. The third-order valence-corrected chi connectivity index (χ3v) is 5.95. The van der Waals surface area contributed by atoms with E-state index in [4.69, 9.17) is 12.2 Å². The van der Waals surface area contributed by atoms with Crippen LogP contribution in [0.2, 0.25) is 0 Å². The van der Waals surface area contributed by atoms with Crippen LogP contribution in [0.4, 0.5) is 4.39 Å². The van der Waals surface area contributed by atoms with Gasteiger partial charge in [-0.15, -0.1) is 0 Å². The Morgan fingerprint density at radius 1 is 1.63 bits per heavy atom. The molecule has 2 atom stereocenters. The molecule has 7 heteroatoms. The van der Waals surface area contributed by atoms with E-state index < -0.39 is 10.2 Å². The normalized spacial score (nSPS) is 26.3. The molecule has 0 amide bonds. The number of thioether (sulfide) groups is 1. The molecule has 1 aromatic rings. The first-order valence-electron chi connectivity index (χ1n) is 5.84. The monoisotopic (exact) mass is 320 g/mol. The van der Waals surface area contributed by atoms with Gasteiger partial charge >= 0.3 is 0 Å². The van der Waals surface area contributed by atoms with Crippen molar-refractivity contribution in [3.05, 3.63) is 35.6 Å². The Labute approximate surface area is 122 Å². The van der Waals surface area contributed by atoms with Gasteiger partial charge in [-0.3, -0.25) is 0 Å². The molecule has 19 heavy (non-hydrogen) atoms. The fourth-order valence-corrected chi connectivity index (χ4v) is 4.67. The van der Waals surface area contributed by atoms with Crippen LogP contribution in [0.3, 0.4) is 0 Å². The smallest absolute Gasteiger partial charge is 0.216 e. The Balaban J connectivity index is 1.78. The van der Waals surface area contributed by atoms with Gasteiger partial charge in [-0.25, -0.2) is 4.39 Å². The van der Waals surface area contributed by atoms with Crippen LogP contribution in [0.1, 0.15) is 12.0 Å². The van der Waals surface area contributed by atoms with E-state index in [1.165, 1.54) is 23.9 Å². The van der Waals surface area contributed by atoms with Crippen LogP contribution < -0.4 is 5.32 Å². The van der Waals surface area contributed by atoms with Crippen LogP contribution >= 0.6 is 24.0 Å². The number of hydrogen-bond donors (Lipinski definition) is 2. The Morgan fingerprint density at radius 2 is 2.42 bits per heavy atom. The van der Waals surface area contributed by atoms with E-state index >= 15 is 0 Å². The molecular formula is C12H15FNO2S3+. The van der Waals surface area contributed by atoms with Crippen molar-refractivity contribution in [3.63, 3.8) is 0 Å². The molecule has 3 nitrogen and oxygen atoms in total. The van der Waals surface area contributed by atoms with E-state index in [1.54, 1.807) is 6.07 Å². The minimum Gasteiger partial charge on any atom is -0.363 e. The summed E-state index contributed by atoms with van der Waals surface area (Å²) in [5.74, 6) is 0.924. The highest BCUT2D eigenvalue weighted by molar-refractivity contribution is 8.22. The van der Waals surface area contributed by atoms with Crippen molar-refractivity contribution in [1.29, 1.82) is 0 Å². The van der Waals surface area contributed by atoms with Crippen molar-refractivity contribution in [2.75, 3.05) is 11.5 Å². The van der Waals surface area contributed by atoms with Crippen molar-refractivity contribution < 1.29 is 13.2 Å².